The number of hydrogen-bond acceptors (Lipinski definition) is 4. The van der Waals surface area contributed by atoms with E-state index in [0.717, 1.165) is 28.1 Å². The Morgan fingerprint density at radius 1 is 1.53 bits per heavy atom. The van der Waals surface area contributed by atoms with Crippen LogP contribution >= 0.6 is 11.3 Å². The fourth-order valence-corrected chi connectivity index (χ4v) is 2.63. The summed E-state index contributed by atoms with van der Waals surface area (Å²) in [5, 5.41) is 9.66. The van der Waals surface area contributed by atoms with Gasteiger partial charge in [-0.2, -0.15) is 0 Å². The summed E-state index contributed by atoms with van der Waals surface area (Å²) in [7, 11) is 0. The summed E-state index contributed by atoms with van der Waals surface area (Å²) in [5.41, 5.74) is 0.766. The number of fused-ring (bicyclic) bond motifs is 1. The van der Waals surface area contributed by atoms with Crippen molar-refractivity contribution in [1.29, 1.82) is 0 Å². The van der Waals surface area contributed by atoms with Gasteiger partial charge in [-0.25, -0.2) is 9.78 Å². The minimum absolute atomic E-state index is 0.334. The molecule has 0 aliphatic carbocycles. The molecule has 90 valence electrons. The fraction of sp³-hybridized carbons (Fsp3) is 0.333. The minimum Gasteiger partial charge on any atom is -0.480 e. The Balaban J connectivity index is 2.31. The first-order valence-electron chi connectivity index (χ1n) is 5.43. The first kappa shape index (κ1) is 11.9. The van der Waals surface area contributed by atoms with Crippen LogP contribution in [0.5, 0.6) is 5.75 Å². The number of hydrogen-bond donors (Lipinski definition) is 1. The molecule has 1 N–H and O–H groups in total. The number of carboxylic acids is 1. The monoisotopic (exact) mass is 251 g/mol. The molecule has 0 aliphatic heterocycles. The standard InChI is InChI=1S/C12H13NO3S/c1-2-4-10-13-12-8(16-7-11(14)15)5-3-6-9(12)17-10/h3,5-6H,2,4,7H2,1H3,(H,14,15). The molecule has 2 aromatic rings. The molecule has 0 amide bonds. The summed E-state index contributed by atoms with van der Waals surface area (Å²) in [6.07, 6.45) is 1.99. The van der Waals surface area contributed by atoms with Gasteiger partial charge in [0.15, 0.2) is 6.61 Å². The molecule has 0 saturated carbocycles. The smallest absolute Gasteiger partial charge is 0.341 e. The zero-order valence-corrected chi connectivity index (χ0v) is 10.3. The van der Waals surface area contributed by atoms with Crippen molar-refractivity contribution in [2.45, 2.75) is 19.8 Å². The molecule has 0 saturated heterocycles. The van der Waals surface area contributed by atoms with Gasteiger partial charge in [0.05, 0.1) is 9.71 Å². The lowest BCUT2D eigenvalue weighted by atomic mass is 10.3. The van der Waals surface area contributed by atoms with Gasteiger partial charge in [-0.15, -0.1) is 11.3 Å². The van der Waals surface area contributed by atoms with Crippen LogP contribution in [0.15, 0.2) is 18.2 Å². The van der Waals surface area contributed by atoms with E-state index in [1.165, 1.54) is 0 Å². The maximum atomic E-state index is 10.5. The molecule has 1 heterocycles. The number of rotatable bonds is 5. The molecule has 0 atom stereocenters. The zero-order chi connectivity index (χ0) is 12.3. The average molecular weight is 251 g/mol. The van der Waals surface area contributed by atoms with Crippen LogP contribution in [0.3, 0.4) is 0 Å². The van der Waals surface area contributed by atoms with E-state index >= 15 is 0 Å². The van der Waals surface area contributed by atoms with Gasteiger partial charge in [0.1, 0.15) is 11.3 Å². The van der Waals surface area contributed by atoms with E-state index in [1.54, 1.807) is 17.4 Å². The van der Waals surface area contributed by atoms with Crippen LogP contribution in [0.1, 0.15) is 18.4 Å². The van der Waals surface area contributed by atoms with E-state index in [2.05, 4.69) is 11.9 Å². The Morgan fingerprint density at radius 3 is 3.06 bits per heavy atom. The summed E-state index contributed by atoms with van der Waals surface area (Å²) in [6, 6.07) is 5.58. The van der Waals surface area contributed by atoms with Gasteiger partial charge in [-0.05, 0) is 25.0 Å². The lowest BCUT2D eigenvalue weighted by molar-refractivity contribution is -0.139. The maximum absolute atomic E-state index is 10.5. The number of aliphatic carboxylic acids is 1. The second-order valence-electron chi connectivity index (χ2n) is 3.64. The van der Waals surface area contributed by atoms with Crippen LogP contribution in [0.4, 0.5) is 0 Å². The van der Waals surface area contributed by atoms with Crippen LogP contribution < -0.4 is 4.74 Å². The lowest BCUT2D eigenvalue weighted by Gasteiger charge is -2.02. The third-order valence-electron chi connectivity index (χ3n) is 2.24. The predicted octanol–water partition coefficient (Wildman–Crippen LogP) is 2.71. The van der Waals surface area contributed by atoms with E-state index in [9.17, 15) is 4.79 Å². The number of para-hydroxylation sites is 1. The number of ether oxygens (including phenoxy) is 1. The second-order valence-corrected chi connectivity index (χ2v) is 4.76. The van der Waals surface area contributed by atoms with Crippen LogP contribution in [-0.4, -0.2) is 22.7 Å². The van der Waals surface area contributed by atoms with Gasteiger partial charge >= 0.3 is 5.97 Å². The number of carbonyl (C=O) groups is 1. The van der Waals surface area contributed by atoms with Crippen LogP contribution in [-0.2, 0) is 11.2 Å². The first-order chi connectivity index (χ1) is 8.20. The normalized spacial score (nSPS) is 10.6. The summed E-state index contributed by atoms with van der Waals surface area (Å²) in [4.78, 5) is 15.0. The highest BCUT2D eigenvalue weighted by Gasteiger charge is 2.09. The van der Waals surface area contributed by atoms with Gasteiger partial charge in [0.2, 0.25) is 0 Å². The molecule has 5 heteroatoms. The van der Waals surface area contributed by atoms with Gasteiger partial charge in [0, 0.05) is 0 Å². The maximum Gasteiger partial charge on any atom is 0.341 e. The van der Waals surface area contributed by atoms with Crippen molar-refractivity contribution in [2.24, 2.45) is 0 Å². The average Bonchev–Trinajstić information content (AvgIpc) is 2.69. The predicted molar refractivity (Wildman–Crippen MR) is 66.7 cm³/mol. The minimum atomic E-state index is -0.981. The third kappa shape index (κ3) is 2.74. The number of carboxylic acid groups (broad SMARTS) is 1. The summed E-state index contributed by atoms with van der Waals surface area (Å²) < 4.78 is 6.26. The molecule has 0 radical (unpaired) electrons. The van der Waals surface area contributed by atoms with Crippen molar-refractivity contribution in [3.8, 4) is 5.75 Å². The third-order valence-corrected chi connectivity index (χ3v) is 3.32. The zero-order valence-electron chi connectivity index (χ0n) is 9.47. The molecule has 0 bridgehead atoms. The molecular weight excluding hydrogens is 238 g/mol. The number of benzene rings is 1. The summed E-state index contributed by atoms with van der Waals surface area (Å²) in [6.45, 7) is 1.77. The molecular formula is C12H13NO3S. The first-order valence-corrected chi connectivity index (χ1v) is 6.25. The molecule has 1 aromatic carbocycles. The van der Waals surface area contributed by atoms with E-state index in [1.807, 2.05) is 12.1 Å². The molecule has 4 nitrogen and oxygen atoms in total. The lowest BCUT2D eigenvalue weighted by Crippen LogP contribution is -2.09. The van der Waals surface area contributed by atoms with Crippen molar-refractivity contribution in [3.05, 3.63) is 23.2 Å². The Labute approximate surface area is 103 Å². The van der Waals surface area contributed by atoms with E-state index in [-0.39, 0.29) is 6.61 Å². The molecule has 2 rings (SSSR count). The molecule has 0 aliphatic rings. The van der Waals surface area contributed by atoms with Crippen molar-refractivity contribution in [1.82, 2.24) is 4.98 Å². The van der Waals surface area contributed by atoms with Crippen LogP contribution in [0, 0.1) is 0 Å². The van der Waals surface area contributed by atoms with Crippen molar-refractivity contribution in [3.63, 3.8) is 0 Å². The van der Waals surface area contributed by atoms with Crippen molar-refractivity contribution in [2.75, 3.05) is 6.61 Å². The van der Waals surface area contributed by atoms with E-state index in [0.29, 0.717) is 5.75 Å². The Hall–Kier alpha value is -1.62. The number of aryl methyl sites for hydroxylation is 1. The molecule has 0 fully saturated rings. The van der Waals surface area contributed by atoms with Gasteiger partial charge in [0.25, 0.3) is 0 Å². The van der Waals surface area contributed by atoms with Crippen molar-refractivity contribution < 1.29 is 14.6 Å². The molecule has 0 unspecified atom stereocenters. The summed E-state index contributed by atoms with van der Waals surface area (Å²) in [5.74, 6) is -0.436. The Kier molecular flexibility index (Phi) is 3.58. The fourth-order valence-electron chi connectivity index (χ4n) is 1.55. The Morgan fingerprint density at radius 2 is 2.35 bits per heavy atom. The van der Waals surface area contributed by atoms with Crippen LogP contribution in [0.2, 0.25) is 0 Å². The largest absolute Gasteiger partial charge is 0.480 e. The van der Waals surface area contributed by atoms with E-state index in [4.69, 9.17) is 9.84 Å². The highest BCUT2D eigenvalue weighted by molar-refractivity contribution is 7.18. The van der Waals surface area contributed by atoms with Crippen LogP contribution in [0.25, 0.3) is 10.2 Å². The van der Waals surface area contributed by atoms with Crippen molar-refractivity contribution >= 4 is 27.5 Å². The van der Waals surface area contributed by atoms with Gasteiger partial charge < -0.3 is 9.84 Å². The van der Waals surface area contributed by atoms with Gasteiger partial charge in [-0.3, -0.25) is 0 Å². The number of nitrogens with zero attached hydrogens (tertiary/aromatic N) is 1. The second kappa shape index (κ2) is 5.14. The highest BCUT2D eigenvalue weighted by atomic mass is 32.1. The molecule has 0 spiro atoms. The van der Waals surface area contributed by atoms with E-state index < -0.39 is 5.97 Å². The molecule has 17 heavy (non-hydrogen) atoms. The SMILES string of the molecule is CCCc1nc2c(OCC(=O)O)cccc2s1. The van der Waals surface area contributed by atoms with Gasteiger partial charge in [-0.1, -0.05) is 13.0 Å². The Bertz CT molecular complexity index is 536. The number of thiazole rings is 1. The topological polar surface area (TPSA) is 59.4 Å². The number of aromatic nitrogens is 1. The summed E-state index contributed by atoms with van der Waals surface area (Å²) >= 11 is 1.63. The molecule has 1 aromatic heterocycles. The quantitative estimate of drug-likeness (QED) is 0.887. The highest BCUT2D eigenvalue weighted by Crippen LogP contribution is 2.30.